The third-order valence-electron chi connectivity index (χ3n) is 3.12. The van der Waals surface area contributed by atoms with Crippen molar-refractivity contribution in [2.24, 2.45) is 0 Å². The van der Waals surface area contributed by atoms with Crippen LogP contribution in [-0.4, -0.2) is 38.8 Å². The molecule has 1 atom stereocenters. The summed E-state index contributed by atoms with van der Waals surface area (Å²) in [5, 5.41) is 20.4. The Balaban J connectivity index is 2.15. The molecule has 2 aromatic rings. The van der Waals surface area contributed by atoms with Gasteiger partial charge in [0.15, 0.2) is 5.65 Å². The monoisotopic (exact) mass is 232 g/mol. The lowest BCUT2D eigenvalue weighted by Gasteiger charge is -2.06. The fraction of sp³-hybridized carbons (Fsp3) is 0.364. The first kappa shape index (κ1) is 10.2. The lowest BCUT2D eigenvalue weighted by atomic mass is 10.1. The van der Waals surface area contributed by atoms with Gasteiger partial charge in [-0.1, -0.05) is 0 Å². The van der Waals surface area contributed by atoms with E-state index in [9.17, 15) is 4.79 Å². The number of aromatic carboxylic acids is 1. The van der Waals surface area contributed by atoms with Gasteiger partial charge in [0, 0.05) is 18.7 Å². The van der Waals surface area contributed by atoms with E-state index < -0.39 is 5.97 Å². The Morgan fingerprint density at radius 1 is 1.53 bits per heavy atom. The molecule has 88 valence electrons. The van der Waals surface area contributed by atoms with Crippen molar-refractivity contribution in [3.63, 3.8) is 0 Å². The fourth-order valence-electron chi connectivity index (χ4n) is 2.25. The second kappa shape index (κ2) is 3.81. The van der Waals surface area contributed by atoms with Crippen LogP contribution in [0.3, 0.4) is 0 Å². The van der Waals surface area contributed by atoms with Crippen LogP contribution in [0.2, 0.25) is 0 Å². The van der Waals surface area contributed by atoms with Gasteiger partial charge >= 0.3 is 5.97 Å². The quantitative estimate of drug-likeness (QED) is 0.788. The van der Waals surface area contributed by atoms with Crippen LogP contribution in [0.15, 0.2) is 18.3 Å². The van der Waals surface area contributed by atoms with Crippen LogP contribution in [0.4, 0.5) is 0 Å². The first-order valence-corrected chi connectivity index (χ1v) is 5.55. The number of fused-ring (bicyclic) bond motifs is 1. The van der Waals surface area contributed by atoms with E-state index in [2.05, 4.69) is 15.5 Å². The molecule has 2 aromatic heterocycles. The van der Waals surface area contributed by atoms with E-state index in [0.717, 1.165) is 25.3 Å². The number of carbonyl (C=O) groups is 1. The van der Waals surface area contributed by atoms with Gasteiger partial charge in [-0.2, -0.15) is 0 Å². The summed E-state index contributed by atoms with van der Waals surface area (Å²) in [7, 11) is 0. The predicted molar refractivity (Wildman–Crippen MR) is 60.2 cm³/mol. The number of carboxylic acids is 1. The van der Waals surface area contributed by atoms with Crippen molar-refractivity contribution in [2.45, 2.75) is 12.3 Å². The zero-order chi connectivity index (χ0) is 11.8. The highest BCUT2D eigenvalue weighted by Crippen LogP contribution is 2.22. The third kappa shape index (κ3) is 1.57. The Morgan fingerprint density at radius 2 is 2.41 bits per heavy atom. The maximum absolute atomic E-state index is 11.1. The van der Waals surface area contributed by atoms with Gasteiger partial charge in [0.25, 0.3) is 0 Å². The van der Waals surface area contributed by atoms with Gasteiger partial charge < -0.3 is 10.4 Å². The number of hydrogen-bond donors (Lipinski definition) is 2. The fourth-order valence-corrected chi connectivity index (χ4v) is 2.25. The molecule has 1 saturated heterocycles. The number of nitrogens with zero attached hydrogens (tertiary/aromatic N) is 3. The van der Waals surface area contributed by atoms with Crippen LogP contribution >= 0.6 is 0 Å². The molecule has 1 fully saturated rings. The van der Waals surface area contributed by atoms with Gasteiger partial charge in [-0.15, -0.1) is 10.2 Å². The van der Waals surface area contributed by atoms with Gasteiger partial charge in [-0.25, -0.2) is 4.79 Å². The van der Waals surface area contributed by atoms with Crippen LogP contribution in [0.1, 0.15) is 28.5 Å². The van der Waals surface area contributed by atoms with E-state index in [-0.39, 0.29) is 5.56 Å². The molecule has 1 unspecified atom stereocenters. The Labute approximate surface area is 97.3 Å². The summed E-state index contributed by atoms with van der Waals surface area (Å²) in [6.45, 7) is 1.84. The number of rotatable bonds is 2. The summed E-state index contributed by atoms with van der Waals surface area (Å²) in [5.74, 6) is 0.182. The SMILES string of the molecule is O=C(O)c1cccn2c(C3CCNC3)nnc12. The smallest absolute Gasteiger partial charge is 0.339 e. The zero-order valence-electron chi connectivity index (χ0n) is 9.13. The zero-order valence-corrected chi connectivity index (χ0v) is 9.13. The molecule has 0 aliphatic carbocycles. The summed E-state index contributed by atoms with van der Waals surface area (Å²) in [6, 6.07) is 3.26. The van der Waals surface area contributed by atoms with E-state index in [0.29, 0.717) is 11.6 Å². The average molecular weight is 232 g/mol. The minimum absolute atomic E-state index is 0.192. The first-order chi connectivity index (χ1) is 8.27. The summed E-state index contributed by atoms with van der Waals surface area (Å²) in [6.07, 6.45) is 2.83. The minimum atomic E-state index is -0.973. The molecular weight excluding hydrogens is 220 g/mol. The minimum Gasteiger partial charge on any atom is -0.478 e. The third-order valence-corrected chi connectivity index (χ3v) is 3.12. The molecule has 6 nitrogen and oxygen atoms in total. The Morgan fingerprint density at radius 3 is 3.12 bits per heavy atom. The molecule has 0 bridgehead atoms. The van der Waals surface area contributed by atoms with Gasteiger partial charge in [-0.3, -0.25) is 4.40 Å². The molecule has 0 radical (unpaired) electrons. The van der Waals surface area contributed by atoms with Crippen molar-refractivity contribution in [3.8, 4) is 0 Å². The van der Waals surface area contributed by atoms with E-state index in [1.807, 2.05) is 6.20 Å². The topological polar surface area (TPSA) is 79.5 Å². The Bertz CT molecular complexity index is 572. The van der Waals surface area contributed by atoms with Crippen molar-refractivity contribution >= 4 is 11.6 Å². The lowest BCUT2D eigenvalue weighted by Crippen LogP contribution is -2.10. The molecule has 0 spiro atoms. The van der Waals surface area contributed by atoms with Crippen LogP contribution in [-0.2, 0) is 0 Å². The molecule has 0 saturated carbocycles. The average Bonchev–Trinajstić information content (AvgIpc) is 2.96. The summed E-state index contributed by atoms with van der Waals surface area (Å²) in [4.78, 5) is 11.1. The first-order valence-electron chi connectivity index (χ1n) is 5.55. The normalized spacial score (nSPS) is 19.9. The summed E-state index contributed by atoms with van der Waals surface area (Å²) < 4.78 is 1.78. The lowest BCUT2D eigenvalue weighted by molar-refractivity contribution is 0.0698. The van der Waals surface area contributed by atoms with Crippen LogP contribution in [0.5, 0.6) is 0 Å². The highest BCUT2D eigenvalue weighted by Gasteiger charge is 2.23. The highest BCUT2D eigenvalue weighted by molar-refractivity contribution is 5.94. The largest absolute Gasteiger partial charge is 0.478 e. The Hall–Kier alpha value is -1.95. The molecule has 1 aliphatic rings. The van der Waals surface area contributed by atoms with E-state index in [1.54, 1.807) is 16.5 Å². The van der Waals surface area contributed by atoms with Crippen molar-refractivity contribution in [2.75, 3.05) is 13.1 Å². The standard InChI is InChI=1S/C11H12N4O2/c16-11(17)8-2-1-5-15-9(13-14-10(8)15)7-3-4-12-6-7/h1-2,5,7,12H,3-4,6H2,(H,16,17). The number of nitrogens with one attached hydrogen (secondary N) is 1. The van der Waals surface area contributed by atoms with Crippen LogP contribution < -0.4 is 5.32 Å². The van der Waals surface area contributed by atoms with Gasteiger partial charge in [0.1, 0.15) is 11.4 Å². The number of aromatic nitrogens is 3. The van der Waals surface area contributed by atoms with E-state index >= 15 is 0 Å². The maximum Gasteiger partial charge on any atom is 0.339 e. The van der Waals surface area contributed by atoms with Gasteiger partial charge in [-0.05, 0) is 25.1 Å². The van der Waals surface area contributed by atoms with Crippen LogP contribution in [0, 0.1) is 0 Å². The number of pyridine rings is 1. The molecule has 6 heteroatoms. The van der Waals surface area contributed by atoms with Crippen molar-refractivity contribution in [3.05, 3.63) is 29.7 Å². The second-order valence-electron chi connectivity index (χ2n) is 4.17. The molecular formula is C11H12N4O2. The highest BCUT2D eigenvalue weighted by atomic mass is 16.4. The molecule has 17 heavy (non-hydrogen) atoms. The molecule has 3 rings (SSSR count). The second-order valence-corrected chi connectivity index (χ2v) is 4.17. The summed E-state index contributed by atoms with van der Waals surface area (Å²) in [5.41, 5.74) is 0.610. The number of carboxylic acid groups (broad SMARTS) is 1. The van der Waals surface area contributed by atoms with Crippen molar-refractivity contribution in [1.29, 1.82) is 0 Å². The van der Waals surface area contributed by atoms with Gasteiger partial charge in [0.05, 0.1) is 0 Å². The molecule has 2 N–H and O–H groups in total. The molecule has 1 aliphatic heterocycles. The maximum atomic E-state index is 11.1. The van der Waals surface area contributed by atoms with Crippen molar-refractivity contribution in [1.82, 2.24) is 19.9 Å². The molecule has 0 aromatic carbocycles. The van der Waals surface area contributed by atoms with Gasteiger partial charge in [0.2, 0.25) is 0 Å². The van der Waals surface area contributed by atoms with E-state index in [4.69, 9.17) is 5.11 Å². The Kier molecular flexibility index (Phi) is 2.29. The summed E-state index contributed by atoms with van der Waals surface area (Å²) >= 11 is 0. The van der Waals surface area contributed by atoms with Crippen LogP contribution in [0.25, 0.3) is 5.65 Å². The van der Waals surface area contributed by atoms with Crippen molar-refractivity contribution < 1.29 is 9.90 Å². The molecule has 3 heterocycles. The predicted octanol–water partition coefficient (Wildman–Crippen LogP) is 0.504. The van der Waals surface area contributed by atoms with E-state index in [1.165, 1.54) is 0 Å². The molecule has 0 amide bonds. The number of hydrogen-bond acceptors (Lipinski definition) is 4.